The first-order chi connectivity index (χ1) is 13.2. The van der Waals surface area contributed by atoms with E-state index in [0.717, 1.165) is 44.8 Å². The molecule has 4 rings (SSSR count). The molecule has 4 aromatic rings. The average Bonchev–Trinajstić information content (AvgIpc) is 2.73. The predicted molar refractivity (Wildman–Crippen MR) is 111 cm³/mol. The number of ether oxygens (including phenoxy) is 2. The SMILES string of the molecule is COc1ccc(-c2cc(-c3ccc(Cl)cc3)c3ccccc3n2)c(OC)c1. The van der Waals surface area contributed by atoms with E-state index in [0.29, 0.717) is 5.02 Å². The summed E-state index contributed by atoms with van der Waals surface area (Å²) in [5.41, 5.74) is 4.88. The summed E-state index contributed by atoms with van der Waals surface area (Å²) in [6.45, 7) is 0. The van der Waals surface area contributed by atoms with E-state index in [1.54, 1.807) is 14.2 Å². The van der Waals surface area contributed by atoms with Gasteiger partial charge in [0.05, 0.1) is 25.4 Å². The maximum atomic E-state index is 6.07. The maximum Gasteiger partial charge on any atom is 0.131 e. The van der Waals surface area contributed by atoms with Crippen LogP contribution in [0.5, 0.6) is 11.5 Å². The summed E-state index contributed by atoms with van der Waals surface area (Å²) in [4.78, 5) is 4.87. The van der Waals surface area contributed by atoms with Gasteiger partial charge in [0.1, 0.15) is 11.5 Å². The van der Waals surface area contributed by atoms with Crippen molar-refractivity contribution in [3.8, 4) is 33.9 Å². The monoisotopic (exact) mass is 375 g/mol. The summed E-state index contributed by atoms with van der Waals surface area (Å²) in [6.07, 6.45) is 0. The van der Waals surface area contributed by atoms with Gasteiger partial charge >= 0.3 is 0 Å². The Morgan fingerprint density at radius 2 is 1.56 bits per heavy atom. The van der Waals surface area contributed by atoms with Crippen LogP contribution in [0.25, 0.3) is 33.3 Å². The zero-order chi connectivity index (χ0) is 18.8. The van der Waals surface area contributed by atoms with E-state index in [1.165, 1.54) is 0 Å². The van der Waals surface area contributed by atoms with E-state index in [2.05, 4.69) is 12.1 Å². The Morgan fingerprint density at radius 3 is 2.30 bits per heavy atom. The first-order valence-electron chi connectivity index (χ1n) is 8.58. The fourth-order valence-electron chi connectivity index (χ4n) is 3.19. The Kier molecular flexibility index (Phi) is 4.69. The first kappa shape index (κ1) is 17.4. The lowest BCUT2D eigenvalue weighted by Crippen LogP contribution is -1.94. The molecular formula is C23H18ClNO2. The Bertz CT molecular complexity index is 1110. The highest BCUT2D eigenvalue weighted by molar-refractivity contribution is 6.30. The van der Waals surface area contributed by atoms with Crippen molar-refractivity contribution in [3.63, 3.8) is 0 Å². The lowest BCUT2D eigenvalue weighted by molar-refractivity contribution is 0.395. The molecule has 0 unspecified atom stereocenters. The summed E-state index contributed by atoms with van der Waals surface area (Å²) < 4.78 is 10.9. The summed E-state index contributed by atoms with van der Waals surface area (Å²) in [5, 5.41) is 1.81. The minimum Gasteiger partial charge on any atom is -0.497 e. The number of benzene rings is 3. The second kappa shape index (κ2) is 7.29. The second-order valence-electron chi connectivity index (χ2n) is 6.15. The van der Waals surface area contributed by atoms with Crippen molar-refractivity contribution >= 4 is 22.5 Å². The molecule has 0 amide bonds. The van der Waals surface area contributed by atoms with Crippen LogP contribution >= 0.6 is 11.6 Å². The number of fused-ring (bicyclic) bond motifs is 1. The van der Waals surface area contributed by atoms with Crippen LogP contribution in [0, 0.1) is 0 Å². The van der Waals surface area contributed by atoms with Gasteiger partial charge in [-0.1, -0.05) is 41.9 Å². The van der Waals surface area contributed by atoms with Crippen molar-refractivity contribution in [2.24, 2.45) is 0 Å². The zero-order valence-electron chi connectivity index (χ0n) is 15.1. The number of halogens is 1. The molecule has 3 aromatic carbocycles. The smallest absolute Gasteiger partial charge is 0.131 e. The highest BCUT2D eigenvalue weighted by Crippen LogP contribution is 2.37. The highest BCUT2D eigenvalue weighted by Gasteiger charge is 2.13. The van der Waals surface area contributed by atoms with Gasteiger partial charge < -0.3 is 9.47 Å². The molecule has 134 valence electrons. The third-order valence-corrected chi connectivity index (χ3v) is 4.81. The number of nitrogens with zero attached hydrogens (tertiary/aromatic N) is 1. The van der Waals surface area contributed by atoms with Crippen molar-refractivity contribution in [2.75, 3.05) is 14.2 Å². The number of aromatic nitrogens is 1. The van der Waals surface area contributed by atoms with Crippen LogP contribution in [0.4, 0.5) is 0 Å². The molecular weight excluding hydrogens is 358 g/mol. The van der Waals surface area contributed by atoms with E-state index in [4.69, 9.17) is 26.1 Å². The van der Waals surface area contributed by atoms with E-state index in [-0.39, 0.29) is 0 Å². The van der Waals surface area contributed by atoms with Gasteiger partial charge in [0.15, 0.2) is 0 Å². The molecule has 0 radical (unpaired) electrons. The summed E-state index contributed by atoms with van der Waals surface area (Å²) in [7, 11) is 3.29. The third kappa shape index (κ3) is 3.34. The van der Waals surface area contributed by atoms with Gasteiger partial charge in [-0.05, 0) is 47.5 Å². The number of hydrogen-bond donors (Lipinski definition) is 0. The van der Waals surface area contributed by atoms with Crippen LogP contribution in [-0.4, -0.2) is 19.2 Å². The van der Waals surface area contributed by atoms with Gasteiger partial charge in [-0.15, -0.1) is 0 Å². The van der Waals surface area contributed by atoms with Gasteiger partial charge in [0.2, 0.25) is 0 Å². The summed E-state index contributed by atoms with van der Waals surface area (Å²) >= 11 is 6.07. The maximum absolute atomic E-state index is 6.07. The molecule has 1 aromatic heterocycles. The van der Waals surface area contributed by atoms with Crippen LogP contribution in [0.15, 0.2) is 72.8 Å². The molecule has 0 aliphatic heterocycles. The minimum absolute atomic E-state index is 0.717. The van der Waals surface area contributed by atoms with E-state index in [9.17, 15) is 0 Å². The molecule has 0 N–H and O–H groups in total. The van der Waals surface area contributed by atoms with Crippen LogP contribution in [0.1, 0.15) is 0 Å². The molecule has 0 saturated carbocycles. The first-order valence-corrected chi connectivity index (χ1v) is 8.95. The van der Waals surface area contributed by atoms with Gasteiger partial charge in [-0.3, -0.25) is 0 Å². The lowest BCUT2D eigenvalue weighted by atomic mass is 9.98. The summed E-state index contributed by atoms with van der Waals surface area (Å²) in [6, 6.07) is 23.8. The standard InChI is InChI=1S/C23H18ClNO2/c1-26-17-11-12-19(23(13-17)27-2)22-14-20(15-7-9-16(24)10-8-15)18-5-3-4-6-21(18)25-22/h3-14H,1-2H3. The third-order valence-electron chi connectivity index (χ3n) is 4.56. The quantitative estimate of drug-likeness (QED) is 0.423. The average molecular weight is 376 g/mol. The highest BCUT2D eigenvalue weighted by atomic mass is 35.5. The minimum atomic E-state index is 0.717. The molecule has 0 aliphatic rings. The van der Waals surface area contributed by atoms with Crippen molar-refractivity contribution in [1.29, 1.82) is 0 Å². The molecule has 0 fully saturated rings. The van der Waals surface area contributed by atoms with Gasteiger partial charge in [0, 0.05) is 22.0 Å². The largest absolute Gasteiger partial charge is 0.497 e. The molecule has 0 atom stereocenters. The Morgan fingerprint density at radius 1 is 0.778 bits per heavy atom. The van der Waals surface area contributed by atoms with E-state index >= 15 is 0 Å². The van der Waals surface area contributed by atoms with Gasteiger partial charge in [-0.25, -0.2) is 4.98 Å². The summed E-state index contributed by atoms with van der Waals surface area (Å²) in [5.74, 6) is 1.47. The van der Waals surface area contributed by atoms with Gasteiger partial charge in [0.25, 0.3) is 0 Å². The van der Waals surface area contributed by atoms with E-state index in [1.807, 2.05) is 60.7 Å². The Labute approximate surface area is 163 Å². The molecule has 3 nitrogen and oxygen atoms in total. The van der Waals surface area contributed by atoms with E-state index < -0.39 is 0 Å². The molecule has 27 heavy (non-hydrogen) atoms. The number of rotatable bonds is 4. The number of hydrogen-bond acceptors (Lipinski definition) is 3. The molecule has 1 heterocycles. The normalized spacial score (nSPS) is 10.8. The zero-order valence-corrected chi connectivity index (χ0v) is 15.8. The van der Waals surface area contributed by atoms with Crippen molar-refractivity contribution in [1.82, 2.24) is 4.98 Å². The van der Waals surface area contributed by atoms with Crippen molar-refractivity contribution in [3.05, 3.63) is 77.8 Å². The second-order valence-corrected chi connectivity index (χ2v) is 6.58. The lowest BCUT2D eigenvalue weighted by Gasteiger charge is -2.13. The number of para-hydroxylation sites is 1. The van der Waals surface area contributed by atoms with Gasteiger partial charge in [-0.2, -0.15) is 0 Å². The Hall–Kier alpha value is -3.04. The van der Waals surface area contributed by atoms with Crippen molar-refractivity contribution in [2.45, 2.75) is 0 Å². The molecule has 0 spiro atoms. The van der Waals surface area contributed by atoms with Crippen LogP contribution in [0.3, 0.4) is 0 Å². The van der Waals surface area contributed by atoms with Crippen LogP contribution < -0.4 is 9.47 Å². The van der Waals surface area contributed by atoms with Crippen LogP contribution in [-0.2, 0) is 0 Å². The molecule has 0 saturated heterocycles. The fraction of sp³-hybridized carbons (Fsp3) is 0.0870. The molecule has 0 aliphatic carbocycles. The fourth-order valence-corrected chi connectivity index (χ4v) is 3.32. The predicted octanol–water partition coefficient (Wildman–Crippen LogP) is 6.24. The number of pyridine rings is 1. The topological polar surface area (TPSA) is 31.4 Å². The van der Waals surface area contributed by atoms with Crippen LogP contribution in [0.2, 0.25) is 5.02 Å². The number of methoxy groups -OCH3 is 2. The Balaban J connectivity index is 1.97. The van der Waals surface area contributed by atoms with Crippen molar-refractivity contribution < 1.29 is 9.47 Å². The molecule has 0 bridgehead atoms. The molecule has 4 heteroatoms.